The van der Waals surface area contributed by atoms with E-state index in [0.717, 1.165) is 5.01 Å². The first-order chi connectivity index (χ1) is 7.65. The molecule has 0 unspecified atom stereocenters. The third-order valence-electron chi connectivity index (χ3n) is 1.73. The van der Waals surface area contributed by atoms with Crippen molar-refractivity contribution >= 4 is 22.2 Å². The molecule has 2 N–H and O–H groups in total. The molecule has 0 aliphatic heterocycles. The van der Waals surface area contributed by atoms with Gasteiger partial charge in [0.1, 0.15) is 5.01 Å². The highest BCUT2D eigenvalue weighted by atomic mass is 32.1. The molecule has 0 bridgehead atoms. The highest BCUT2D eigenvalue weighted by molar-refractivity contribution is 7.14. The van der Waals surface area contributed by atoms with Crippen LogP contribution >= 0.6 is 11.3 Å². The minimum absolute atomic E-state index is 0.189. The van der Waals surface area contributed by atoms with Crippen LogP contribution in [0.5, 0.6) is 11.5 Å². The molecule has 1 heterocycles. The van der Waals surface area contributed by atoms with Gasteiger partial charge in [-0.2, -0.15) is 0 Å². The Bertz CT molecular complexity index is 538. The van der Waals surface area contributed by atoms with E-state index < -0.39 is 0 Å². The predicted octanol–water partition coefficient (Wildman–Crippen LogP) is 2.67. The van der Waals surface area contributed by atoms with Crippen molar-refractivity contribution in [3.63, 3.8) is 0 Å². The first-order valence-corrected chi connectivity index (χ1v) is 5.20. The third kappa shape index (κ3) is 2.31. The summed E-state index contributed by atoms with van der Waals surface area (Å²) in [4.78, 5) is 0. The van der Waals surface area contributed by atoms with Crippen LogP contribution in [0.15, 0.2) is 28.4 Å². The zero-order chi connectivity index (χ0) is 11.5. The average molecular weight is 236 g/mol. The number of aromatic nitrogens is 2. The second-order valence-corrected chi connectivity index (χ2v) is 4.14. The molecular weight excluding hydrogens is 228 g/mol. The Morgan fingerprint density at radius 3 is 2.56 bits per heavy atom. The number of hydrogen-bond acceptors (Lipinski definition) is 7. The van der Waals surface area contributed by atoms with Gasteiger partial charge in [-0.3, -0.25) is 0 Å². The lowest BCUT2D eigenvalue weighted by Crippen LogP contribution is -1.68. The van der Waals surface area contributed by atoms with Crippen LogP contribution in [0, 0.1) is 6.92 Å². The van der Waals surface area contributed by atoms with Crippen molar-refractivity contribution in [1.29, 1.82) is 0 Å². The molecule has 7 heteroatoms. The Hall–Kier alpha value is -2.02. The number of aromatic hydroxyl groups is 2. The number of hydrogen-bond donors (Lipinski definition) is 2. The number of rotatable bonds is 2. The van der Waals surface area contributed by atoms with E-state index in [1.165, 1.54) is 29.5 Å². The zero-order valence-electron chi connectivity index (χ0n) is 8.32. The van der Waals surface area contributed by atoms with Crippen LogP contribution in [0.2, 0.25) is 0 Å². The number of azo groups is 1. The molecule has 2 rings (SSSR count). The summed E-state index contributed by atoms with van der Waals surface area (Å²) < 4.78 is 0. The van der Waals surface area contributed by atoms with Crippen molar-refractivity contribution in [3.8, 4) is 11.5 Å². The smallest absolute Gasteiger partial charge is 0.251 e. The first-order valence-electron chi connectivity index (χ1n) is 4.39. The van der Waals surface area contributed by atoms with E-state index in [9.17, 15) is 5.11 Å². The number of aryl methyl sites for hydroxylation is 1. The van der Waals surface area contributed by atoms with Crippen molar-refractivity contribution in [2.24, 2.45) is 10.2 Å². The van der Waals surface area contributed by atoms with Crippen LogP contribution in [-0.2, 0) is 0 Å². The topological polar surface area (TPSA) is 91.0 Å². The zero-order valence-corrected chi connectivity index (χ0v) is 9.14. The molecule has 82 valence electrons. The monoisotopic (exact) mass is 236 g/mol. The van der Waals surface area contributed by atoms with Crippen LogP contribution in [0.25, 0.3) is 0 Å². The molecule has 0 fully saturated rings. The van der Waals surface area contributed by atoms with Gasteiger partial charge in [0.15, 0.2) is 11.5 Å². The lowest BCUT2D eigenvalue weighted by Gasteiger charge is -1.96. The van der Waals surface area contributed by atoms with E-state index in [1.54, 1.807) is 0 Å². The third-order valence-corrected chi connectivity index (χ3v) is 2.45. The molecule has 6 nitrogen and oxygen atoms in total. The van der Waals surface area contributed by atoms with E-state index >= 15 is 0 Å². The SMILES string of the molecule is Cc1nnc(N=Nc2ccc(O)c(O)c2)s1. The van der Waals surface area contributed by atoms with E-state index in [-0.39, 0.29) is 11.5 Å². The van der Waals surface area contributed by atoms with Crippen molar-refractivity contribution in [2.45, 2.75) is 6.92 Å². The Morgan fingerprint density at radius 1 is 1.12 bits per heavy atom. The average Bonchev–Trinajstić information content (AvgIpc) is 2.66. The van der Waals surface area contributed by atoms with Crippen LogP contribution in [0.4, 0.5) is 10.8 Å². The van der Waals surface area contributed by atoms with Gasteiger partial charge in [0.25, 0.3) is 5.13 Å². The molecule has 0 saturated carbocycles. The summed E-state index contributed by atoms with van der Waals surface area (Å²) >= 11 is 1.32. The molecule has 0 spiro atoms. The molecular formula is C9H8N4O2S. The van der Waals surface area contributed by atoms with E-state index in [1.807, 2.05) is 6.92 Å². The maximum absolute atomic E-state index is 9.22. The minimum Gasteiger partial charge on any atom is -0.504 e. The van der Waals surface area contributed by atoms with Crippen molar-refractivity contribution < 1.29 is 10.2 Å². The molecule has 0 amide bonds. The fraction of sp³-hybridized carbons (Fsp3) is 0.111. The number of nitrogens with zero attached hydrogens (tertiary/aromatic N) is 4. The van der Waals surface area contributed by atoms with Gasteiger partial charge >= 0.3 is 0 Å². The van der Waals surface area contributed by atoms with Crippen molar-refractivity contribution in [1.82, 2.24) is 10.2 Å². The van der Waals surface area contributed by atoms with Gasteiger partial charge in [0, 0.05) is 6.07 Å². The van der Waals surface area contributed by atoms with Gasteiger partial charge in [-0.1, -0.05) is 11.3 Å². The highest BCUT2D eigenvalue weighted by Crippen LogP contribution is 2.30. The summed E-state index contributed by atoms with van der Waals surface area (Å²) in [5.41, 5.74) is 0.433. The Balaban J connectivity index is 2.20. The van der Waals surface area contributed by atoms with Crippen LogP contribution < -0.4 is 0 Å². The summed E-state index contributed by atoms with van der Waals surface area (Å²) in [6, 6.07) is 4.19. The van der Waals surface area contributed by atoms with E-state index in [0.29, 0.717) is 10.8 Å². The maximum atomic E-state index is 9.22. The van der Waals surface area contributed by atoms with Gasteiger partial charge in [-0.05, 0) is 19.1 Å². The second kappa shape index (κ2) is 4.23. The summed E-state index contributed by atoms with van der Waals surface area (Å²) in [5.74, 6) is -0.421. The fourth-order valence-electron chi connectivity index (χ4n) is 1.00. The lowest BCUT2D eigenvalue weighted by atomic mass is 10.3. The van der Waals surface area contributed by atoms with Crippen LogP contribution in [-0.4, -0.2) is 20.4 Å². The normalized spacial score (nSPS) is 11.1. The van der Waals surface area contributed by atoms with Crippen molar-refractivity contribution in [2.75, 3.05) is 0 Å². The molecule has 0 atom stereocenters. The van der Waals surface area contributed by atoms with Crippen LogP contribution in [0.3, 0.4) is 0 Å². The summed E-state index contributed by atoms with van der Waals surface area (Å²) in [7, 11) is 0. The second-order valence-electron chi connectivity index (χ2n) is 2.98. The van der Waals surface area contributed by atoms with Gasteiger partial charge in [-0.25, -0.2) is 0 Å². The first kappa shape index (κ1) is 10.5. The predicted molar refractivity (Wildman–Crippen MR) is 58.6 cm³/mol. The number of phenolic OH excluding ortho intramolecular Hbond substituents is 2. The quantitative estimate of drug-likeness (QED) is 0.619. The highest BCUT2D eigenvalue weighted by Gasteiger charge is 2.00. The molecule has 1 aromatic heterocycles. The lowest BCUT2D eigenvalue weighted by molar-refractivity contribution is 0.404. The number of phenols is 2. The maximum Gasteiger partial charge on any atom is 0.251 e. The summed E-state index contributed by atoms with van der Waals surface area (Å²) in [6.07, 6.45) is 0. The molecule has 0 saturated heterocycles. The molecule has 0 radical (unpaired) electrons. The van der Waals surface area contributed by atoms with Gasteiger partial charge in [0.2, 0.25) is 0 Å². The molecule has 0 aliphatic carbocycles. The van der Waals surface area contributed by atoms with E-state index in [2.05, 4.69) is 20.4 Å². The molecule has 16 heavy (non-hydrogen) atoms. The van der Waals surface area contributed by atoms with Gasteiger partial charge in [-0.15, -0.1) is 20.4 Å². The van der Waals surface area contributed by atoms with E-state index in [4.69, 9.17) is 5.11 Å². The van der Waals surface area contributed by atoms with Gasteiger partial charge in [0.05, 0.1) is 5.69 Å². The van der Waals surface area contributed by atoms with Gasteiger partial charge < -0.3 is 10.2 Å². The number of benzene rings is 1. The minimum atomic E-state index is -0.232. The Morgan fingerprint density at radius 2 is 1.94 bits per heavy atom. The molecule has 2 aromatic rings. The summed E-state index contributed by atoms with van der Waals surface area (Å²) in [5, 5.41) is 34.8. The molecule has 0 aliphatic rings. The standard InChI is InChI=1S/C9H8N4O2S/c1-5-10-12-9(16-5)13-11-6-2-3-7(14)8(15)4-6/h2-4,14-15H,1H3. The Labute approximate surface area is 94.9 Å². The van der Waals surface area contributed by atoms with Crippen molar-refractivity contribution in [3.05, 3.63) is 23.2 Å². The summed E-state index contributed by atoms with van der Waals surface area (Å²) in [6.45, 7) is 1.82. The van der Waals surface area contributed by atoms with Crippen LogP contribution in [0.1, 0.15) is 5.01 Å². The Kier molecular flexibility index (Phi) is 2.78. The largest absolute Gasteiger partial charge is 0.504 e. The molecule has 1 aromatic carbocycles. The fourth-order valence-corrected chi connectivity index (χ4v) is 1.51.